The van der Waals surface area contributed by atoms with Gasteiger partial charge >= 0.3 is 0 Å². The Hall–Kier alpha value is -3.94. The zero-order chi connectivity index (χ0) is 28.2. The molecule has 0 saturated heterocycles. The summed E-state index contributed by atoms with van der Waals surface area (Å²) in [6.07, 6.45) is 0. The van der Waals surface area contributed by atoms with Crippen LogP contribution in [0.15, 0.2) is 108 Å². The Bertz CT molecular complexity index is 1580. The van der Waals surface area contributed by atoms with Crippen LogP contribution in [-0.2, 0) is 20.2 Å². The van der Waals surface area contributed by atoms with E-state index in [-0.39, 0.29) is 16.1 Å². The lowest BCUT2D eigenvalue weighted by atomic mass is 9.86. The van der Waals surface area contributed by atoms with Crippen LogP contribution < -0.4 is 9.62 Å². The number of anilines is 2. The van der Waals surface area contributed by atoms with E-state index in [4.69, 9.17) is 11.6 Å². The van der Waals surface area contributed by atoms with Crippen molar-refractivity contribution in [3.63, 3.8) is 0 Å². The van der Waals surface area contributed by atoms with Crippen molar-refractivity contribution in [3.05, 3.63) is 125 Å². The van der Waals surface area contributed by atoms with Crippen molar-refractivity contribution in [1.82, 2.24) is 0 Å². The van der Waals surface area contributed by atoms with E-state index < -0.39 is 22.5 Å². The first kappa shape index (κ1) is 28.1. The molecule has 0 unspecified atom stereocenters. The van der Waals surface area contributed by atoms with Gasteiger partial charge in [0.25, 0.3) is 10.0 Å². The lowest BCUT2D eigenvalue weighted by Crippen LogP contribution is -2.38. The molecule has 0 aliphatic carbocycles. The zero-order valence-corrected chi connectivity index (χ0v) is 23.5. The first-order chi connectivity index (χ1) is 18.4. The van der Waals surface area contributed by atoms with Gasteiger partial charge in [-0.15, -0.1) is 0 Å². The normalized spacial score (nSPS) is 11.6. The second-order valence-corrected chi connectivity index (χ2v) is 12.4. The third-order valence-corrected chi connectivity index (χ3v) is 8.19. The van der Waals surface area contributed by atoms with Crippen molar-refractivity contribution >= 4 is 44.7 Å². The topological polar surface area (TPSA) is 83.6 Å². The molecule has 0 spiro atoms. The molecule has 0 radical (unpaired) electrons. The number of amides is 1. The molecule has 39 heavy (non-hydrogen) atoms. The average molecular weight is 561 g/mol. The van der Waals surface area contributed by atoms with Crippen LogP contribution >= 0.6 is 11.6 Å². The summed E-state index contributed by atoms with van der Waals surface area (Å²) in [5, 5.41) is 3.17. The molecule has 0 bridgehead atoms. The monoisotopic (exact) mass is 560 g/mol. The number of sulfonamides is 1. The zero-order valence-electron chi connectivity index (χ0n) is 21.9. The largest absolute Gasteiger partial charge is 0.324 e. The molecule has 4 aromatic rings. The standard InChI is InChI=1S/C31H29ClN2O4S/c1-31(2,3)24-14-12-22(13-15-24)30(36)23-8-7-9-26(20-23)33-29(35)21-34(27-18-16-25(32)17-19-27)39(37,38)28-10-5-4-6-11-28/h4-20H,21H2,1-3H3,(H,33,35). The fraction of sp³-hybridized carbons (Fsp3) is 0.161. The minimum atomic E-state index is -4.05. The van der Waals surface area contributed by atoms with Gasteiger partial charge in [-0.1, -0.05) is 87.0 Å². The van der Waals surface area contributed by atoms with Crippen LogP contribution in [0.3, 0.4) is 0 Å². The molecule has 0 atom stereocenters. The van der Waals surface area contributed by atoms with Crippen molar-refractivity contribution in [2.24, 2.45) is 0 Å². The summed E-state index contributed by atoms with van der Waals surface area (Å²) in [6, 6.07) is 28.2. The fourth-order valence-corrected chi connectivity index (χ4v) is 5.57. The van der Waals surface area contributed by atoms with Gasteiger partial charge in [-0.3, -0.25) is 13.9 Å². The van der Waals surface area contributed by atoms with Gasteiger partial charge in [0.15, 0.2) is 5.78 Å². The maximum absolute atomic E-state index is 13.5. The number of halogens is 1. The predicted molar refractivity (Wildman–Crippen MR) is 156 cm³/mol. The summed E-state index contributed by atoms with van der Waals surface area (Å²) >= 11 is 6.00. The summed E-state index contributed by atoms with van der Waals surface area (Å²) in [6.45, 7) is 5.84. The Morgan fingerprint density at radius 1 is 0.795 bits per heavy atom. The molecule has 0 aromatic heterocycles. The second-order valence-electron chi connectivity index (χ2n) is 10.1. The van der Waals surface area contributed by atoms with Crippen LogP contribution in [-0.4, -0.2) is 26.7 Å². The van der Waals surface area contributed by atoms with Crippen LogP contribution in [0.4, 0.5) is 11.4 Å². The summed E-state index contributed by atoms with van der Waals surface area (Å²) in [5.41, 5.74) is 2.71. The van der Waals surface area contributed by atoms with Gasteiger partial charge in [-0.05, 0) is 59.5 Å². The van der Waals surface area contributed by atoms with Gasteiger partial charge in [0, 0.05) is 21.8 Å². The van der Waals surface area contributed by atoms with Crippen LogP contribution in [0, 0.1) is 0 Å². The Morgan fingerprint density at radius 2 is 1.44 bits per heavy atom. The van der Waals surface area contributed by atoms with Gasteiger partial charge < -0.3 is 5.32 Å². The number of ketones is 1. The van der Waals surface area contributed by atoms with E-state index in [1.165, 1.54) is 12.1 Å². The van der Waals surface area contributed by atoms with Crippen LogP contribution in [0.2, 0.25) is 5.02 Å². The van der Waals surface area contributed by atoms with Crippen LogP contribution in [0.1, 0.15) is 42.3 Å². The highest BCUT2D eigenvalue weighted by Gasteiger charge is 2.27. The number of carbonyl (C=O) groups is 2. The molecule has 0 aliphatic rings. The highest BCUT2D eigenvalue weighted by molar-refractivity contribution is 7.92. The first-order valence-electron chi connectivity index (χ1n) is 12.3. The predicted octanol–water partition coefficient (Wildman–Crippen LogP) is 6.70. The minimum absolute atomic E-state index is 0.0281. The molecule has 8 heteroatoms. The molecule has 0 saturated carbocycles. The molecule has 200 valence electrons. The number of hydrogen-bond donors (Lipinski definition) is 1. The van der Waals surface area contributed by atoms with Crippen LogP contribution in [0.5, 0.6) is 0 Å². The number of benzene rings is 4. The van der Waals surface area contributed by atoms with Crippen molar-refractivity contribution in [3.8, 4) is 0 Å². The number of nitrogens with one attached hydrogen (secondary N) is 1. The number of nitrogens with zero attached hydrogens (tertiary/aromatic N) is 1. The minimum Gasteiger partial charge on any atom is -0.324 e. The lowest BCUT2D eigenvalue weighted by Gasteiger charge is -2.24. The number of carbonyl (C=O) groups excluding carboxylic acids is 2. The van der Waals surface area contributed by atoms with E-state index in [2.05, 4.69) is 26.1 Å². The quantitative estimate of drug-likeness (QED) is 0.243. The van der Waals surface area contributed by atoms with Crippen molar-refractivity contribution in [1.29, 1.82) is 0 Å². The van der Waals surface area contributed by atoms with Gasteiger partial charge in [0.2, 0.25) is 5.91 Å². The second kappa shape index (κ2) is 11.4. The summed E-state index contributed by atoms with van der Waals surface area (Å²) in [5.74, 6) is -0.746. The molecule has 4 aromatic carbocycles. The molecular formula is C31H29ClN2O4S. The maximum atomic E-state index is 13.5. The number of rotatable bonds is 8. The summed E-state index contributed by atoms with van der Waals surface area (Å²) in [4.78, 5) is 26.3. The highest BCUT2D eigenvalue weighted by Crippen LogP contribution is 2.26. The van der Waals surface area contributed by atoms with Gasteiger partial charge in [-0.25, -0.2) is 8.42 Å². The fourth-order valence-electron chi connectivity index (χ4n) is 4.00. The third kappa shape index (κ3) is 6.74. The molecule has 1 N–H and O–H groups in total. The van der Waals surface area contributed by atoms with E-state index in [9.17, 15) is 18.0 Å². The Labute approximate surface area is 234 Å². The lowest BCUT2D eigenvalue weighted by molar-refractivity contribution is -0.114. The van der Waals surface area contributed by atoms with E-state index >= 15 is 0 Å². The van der Waals surface area contributed by atoms with Gasteiger partial charge in [0.05, 0.1) is 10.6 Å². The van der Waals surface area contributed by atoms with E-state index in [1.807, 2.05) is 12.1 Å². The SMILES string of the molecule is CC(C)(C)c1ccc(C(=O)c2cccc(NC(=O)CN(c3ccc(Cl)cc3)S(=O)(=O)c3ccccc3)c2)cc1. The molecule has 6 nitrogen and oxygen atoms in total. The Morgan fingerprint density at radius 3 is 2.05 bits per heavy atom. The molecule has 0 aliphatic heterocycles. The molecule has 0 fully saturated rings. The maximum Gasteiger partial charge on any atom is 0.264 e. The Balaban J connectivity index is 1.55. The molecule has 4 rings (SSSR count). The van der Waals surface area contributed by atoms with Gasteiger partial charge in [-0.2, -0.15) is 0 Å². The third-order valence-electron chi connectivity index (χ3n) is 6.15. The van der Waals surface area contributed by atoms with Gasteiger partial charge in [0.1, 0.15) is 6.54 Å². The summed E-state index contributed by atoms with van der Waals surface area (Å²) < 4.78 is 27.9. The van der Waals surface area contributed by atoms with Crippen molar-refractivity contribution in [2.75, 3.05) is 16.2 Å². The molecule has 1 amide bonds. The first-order valence-corrected chi connectivity index (χ1v) is 14.2. The molecular weight excluding hydrogens is 532 g/mol. The Kier molecular flexibility index (Phi) is 8.23. The van der Waals surface area contributed by atoms with Crippen LogP contribution in [0.25, 0.3) is 0 Å². The summed E-state index contributed by atoms with van der Waals surface area (Å²) in [7, 11) is -4.05. The molecule has 0 heterocycles. The smallest absolute Gasteiger partial charge is 0.264 e. The highest BCUT2D eigenvalue weighted by atomic mass is 35.5. The number of hydrogen-bond acceptors (Lipinski definition) is 4. The van der Waals surface area contributed by atoms with E-state index in [0.29, 0.717) is 27.5 Å². The van der Waals surface area contributed by atoms with Crippen molar-refractivity contribution in [2.45, 2.75) is 31.1 Å². The average Bonchev–Trinajstić information content (AvgIpc) is 2.92. The van der Waals surface area contributed by atoms with E-state index in [1.54, 1.807) is 78.9 Å². The van der Waals surface area contributed by atoms with E-state index in [0.717, 1.165) is 9.87 Å². The van der Waals surface area contributed by atoms with Crippen molar-refractivity contribution < 1.29 is 18.0 Å².